The van der Waals surface area contributed by atoms with Crippen molar-refractivity contribution in [3.8, 4) is 0 Å². The van der Waals surface area contributed by atoms with Crippen molar-refractivity contribution in [2.45, 2.75) is 38.0 Å². The van der Waals surface area contributed by atoms with Crippen LogP contribution in [0.15, 0.2) is 40.1 Å². The van der Waals surface area contributed by atoms with Crippen molar-refractivity contribution < 1.29 is 22.3 Å². The Labute approximate surface area is 185 Å². The minimum Gasteiger partial charge on any atom is -0.378 e. The van der Waals surface area contributed by atoms with Crippen molar-refractivity contribution in [1.82, 2.24) is 14.3 Å². The Morgan fingerprint density at radius 1 is 1.21 bits per heavy atom. The SMILES string of the molecule is C[C@@H](Nc1nn(C)c(=O)c2cc(=O)n([C@H]3CCOC[C@H]3F)cc12)c1cccc(C(F)F)c1F. The molecule has 1 aliphatic rings. The van der Waals surface area contributed by atoms with E-state index in [1.165, 1.54) is 29.9 Å². The summed E-state index contributed by atoms with van der Waals surface area (Å²) >= 11 is 0. The molecular weight excluding hydrogens is 444 g/mol. The molecule has 1 aromatic carbocycles. The highest BCUT2D eigenvalue weighted by molar-refractivity contribution is 5.90. The molecule has 4 rings (SSSR count). The minimum absolute atomic E-state index is 0.0156. The second-order valence-electron chi connectivity index (χ2n) is 7.99. The predicted molar refractivity (Wildman–Crippen MR) is 114 cm³/mol. The summed E-state index contributed by atoms with van der Waals surface area (Å²) in [4.78, 5) is 25.3. The lowest BCUT2D eigenvalue weighted by Gasteiger charge is -2.28. The molecule has 3 heterocycles. The molecule has 1 saturated heterocycles. The van der Waals surface area contributed by atoms with Crippen LogP contribution >= 0.6 is 0 Å². The Bertz CT molecular complexity index is 1310. The van der Waals surface area contributed by atoms with Crippen molar-refractivity contribution in [2.24, 2.45) is 7.05 Å². The summed E-state index contributed by atoms with van der Waals surface area (Å²) in [6.07, 6.45) is -2.75. The summed E-state index contributed by atoms with van der Waals surface area (Å²) in [7, 11) is 1.39. The van der Waals surface area contributed by atoms with Crippen LogP contribution in [0.25, 0.3) is 10.8 Å². The third-order valence-corrected chi connectivity index (χ3v) is 5.83. The molecule has 0 unspecified atom stereocenters. The Kier molecular flexibility index (Phi) is 6.24. The number of fused-ring (bicyclic) bond motifs is 1. The van der Waals surface area contributed by atoms with Gasteiger partial charge in [-0.15, -0.1) is 0 Å². The zero-order valence-electron chi connectivity index (χ0n) is 17.9. The molecule has 7 nitrogen and oxygen atoms in total. The second-order valence-corrected chi connectivity index (χ2v) is 7.99. The molecule has 176 valence electrons. The minimum atomic E-state index is -2.98. The van der Waals surface area contributed by atoms with Gasteiger partial charge in [0.2, 0.25) is 0 Å². The number of hydrogen-bond acceptors (Lipinski definition) is 5. The molecular formula is C22H22F4N4O3. The fourth-order valence-corrected chi connectivity index (χ4v) is 4.06. The topological polar surface area (TPSA) is 78.2 Å². The summed E-state index contributed by atoms with van der Waals surface area (Å²) in [6, 6.07) is 3.24. The van der Waals surface area contributed by atoms with E-state index in [0.29, 0.717) is 0 Å². The van der Waals surface area contributed by atoms with Crippen molar-refractivity contribution in [1.29, 1.82) is 0 Å². The highest BCUT2D eigenvalue weighted by atomic mass is 19.3. The van der Waals surface area contributed by atoms with E-state index >= 15 is 0 Å². The van der Waals surface area contributed by atoms with Gasteiger partial charge in [0.15, 0.2) is 5.82 Å². The van der Waals surface area contributed by atoms with Crippen LogP contribution in [0, 0.1) is 5.82 Å². The predicted octanol–water partition coefficient (Wildman–Crippen LogP) is 3.64. The van der Waals surface area contributed by atoms with E-state index in [4.69, 9.17) is 4.74 Å². The number of benzene rings is 1. The van der Waals surface area contributed by atoms with Gasteiger partial charge in [-0.05, 0) is 13.3 Å². The van der Waals surface area contributed by atoms with Gasteiger partial charge in [-0.1, -0.05) is 18.2 Å². The Balaban J connectivity index is 1.81. The first kappa shape index (κ1) is 23.0. The fraction of sp³-hybridized carbons (Fsp3) is 0.409. The summed E-state index contributed by atoms with van der Waals surface area (Å²) in [6.45, 7) is 1.69. The number of rotatable bonds is 5. The molecule has 0 aliphatic carbocycles. The highest BCUT2D eigenvalue weighted by Gasteiger charge is 2.28. The first-order valence-electron chi connectivity index (χ1n) is 10.4. The maximum atomic E-state index is 14.6. The fourth-order valence-electron chi connectivity index (χ4n) is 4.06. The number of nitrogens with one attached hydrogen (secondary N) is 1. The number of nitrogens with zero attached hydrogens (tertiary/aromatic N) is 3. The molecule has 3 atom stereocenters. The molecule has 1 N–H and O–H groups in total. The first-order valence-corrected chi connectivity index (χ1v) is 10.4. The van der Waals surface area contributed by atoms with E-state index in [-0.39, 0.29) is 41.8 Å². The average Bonchev–Trinajstić information content (AvgIpc) is 2.77. The van der Waals surface area contributed by atoms with Crippen molar-refractivity contribution in [3.05, 3.63) is 68.1 Å². The number of anilines is 1. The standard InChI is InChI=1S/C22H22F4N4O3/c1-11(12-4-3-5-13(19(12)24)20(25)26)27-21-15-9-30(17-6-7-33-10-16(17)23)18(31)8-14(15)22(32)29(2)28-21/h3-5,8-9,11,16-17,20H,6-7,10H2,1-2H3,(H,27,28)/t11-,16-,17+/m1/s1. The first-order chi connectivity index (χ1) is 15.7. The highest BCUT2D eigenvalue weighted by Crippen LogP contribution is 2.30. The van der Waals surface area contributed by atoms with Crippen LogP contribution in [-0.2, 0) is 11.8 Å². The van der Waals surface area contributed by atoms with Crippen molar-refractivity contribution >= 4 is 16.6 Å². The molecule has 0 radical (unpaired) electrons. The molecule has 2 aromatic heterocycles. The van der Waals surface area contributed by atoms with Gasteiger partial charge in [0, 0.05) is 36.9 Å². The summed E-state index contributed by atoms with van der Waals surface area (Å²) in [5.74, 6) is -0.918. The van der Waals surface area contributed by atoms with Crippen LogP contribution in [0.4, 0.5) is 23.4 Å². The van der Waals surface area contributed by atoms with Gasteiger partial charge >= 0.3 is 0 Å². The van der Waals surface area contributed by atoms with E-state index in [9.17, 15) is 27.2 Å². The van der Waals surface area contributed by atoms with Gasteiger partial charge in [-0.25, -0.2) is 22.2 Å². The maximum absolute atomic E-state index is 14.6. The number of halogens is 4. The molecule has 1 aliphatic heterocycles. The number of aryl methyl sites for hydroxylation is 1. The van der Waals surface area contributed by atoms with Crippen LogP contribution in [0.5, 0.6) is 0 Å². The van der Waals surface area contributed by atoms with Gasteiger partial charge < -0.3 is 14.6 Å². The van der Waals surface area contributed by atoms with Crippen LogP contribution in [0.2, 0.25) is 0 Å². The zero-order valence-corrected chi connectivity index (χ0v) is 17.9. The zero-order chi connectivity index (χ0) is 23.9. The van der Waals surface area contributed by atoms with Crippen LogP contribution < -0.4 is 16.4 Å². The average molecular weight is 466 g/mol. The van der Waals surface area contributed by atoms with Gasteiger partial charge in [0.25, 0.3) is 17.5 Å². The number of ether oxygens (including phenoxy) is 1. The van der Waals surface area contributed by atoms with Crippen LogP contribution in [-0.4, -0.2) is 33.7 Å². The van der Waals surface area contributed by atoms with Gasteiger partial charge in [0.05, 0.1) is 29.6 Å². The van der Waals surface area contributed by atoms with Crippen LogP contribution in [0.3, 0.4) is 0 Å². The molecule has 1 fully saturated rings. The lowest BCUT2D eigenvalue weighted by Crippen LogP contribution is -2.37. The van der Waals surface area contributed by atoms with Gasteiger partial charge in [-0.3, -0.25) is 9.59 Å². The van der Waals surface area contributed by atoms with E-state index in [1.54, 1.807) is 6.92 Å². The largest absolute Gasteiger partial charge is 0.378 e. The molecule has 3 aromatic rings. The number of hydrogen-bond donors (Lipinski definition) is 1. The molecule has 0 bridgehead atoms. The van der Waals surface area contributed by atoms with E-state index in [0.717, 1.165) is 16.8 Å². The number of pyridine rings is 1. The van der Waals surface area contributed by atoms with Crippen molar-refractivity contribution in [3.63, 3.8) is 0 Å². The maximum Gasteiger partial charge on any atom is 0.274 e. The third-order valence-electron chi connectivity index (χ3n) is 5.83. The summed E-state index contributed by atoms with van der Waals surface area (Å²) in [5, 5.41) is 7.40. The van der Waals surface area contributed by atoms with E-state index in [2.05, 4.69) is 10.4 Å². The van der Waals surface area contributed by atoms with Gasteiger partial charge in [-0.2, -0.15) is 5.10 Å². The second kappa shape index (κ2) is 8.97. The monoisotopic (exact) mass is 466 g/mol. The number of aromatic nitrogens is 3. The smallest absolute Gasteiger partial charge is 0.274 e. The molecule has 33 heavy (non-hydrogen) atoms. The lowest BCUT2D eigenvalue weighted by molar-refractivity contribution is 0.00247. The Morgan fingerprint density at radius 3 is 2.64 bits per heavy atom. The summed E-state index contributed by atoms with van der Waals surface area (Å²) < 4.78 is 62.6. The van der Waals surface area contributed by atoms with E-state index in [1.807, 2.05) is 0 Å². The quantitative estimate of drug-likeness (QED) is 0.581. The molecule has 11 heteroatoms. The Morgan fingerprint density at radius 2 is 1.94 bits per heavy atom. The van der Waals surface area contributed by atoms with Crippen molar-refractivity contribution in [2.75, 3.05) is 18.5 Å². The summed E-state index contributed by atoms with van der Waals surface area (Å²) in [5.41, 5.74) is -1.82. The molecule has 0 amide bonds. The van der Waals surface area contributed by atoms with Crippen LogP contribution in [0.1, 0.15) is 43.0 Å². The number of alkyl halides is 3. The normalized spacial score (nSPS) is 19.7. The lowest BCUT2D eigenvalue weighted by atomic mass is 10.0. The Hall–Kier alpha value is -3.21. The molecule has 0 spiro atoms. The third kappa shape index (κ3) is 4.24. The molecule has 0 saturated carbocycles. The van der Waals surface area contributed by atoms with Gasteiger partial charge in [0.1, 0.15) is 12.0 Å². The van der Waals surface area contributed by atoms with E-state index < -0.39 is 47.2 Å².